The van der Waals surface area contributed by atoms with E-state index in [1.165, 1.54) is 159 Å². The number of hydrogen-bond donors (Lipinski definition) is 0. The van der Waals surface area contributed by atoms with E-state index in [0.717, 1.165) is 11.2 Å². The van der Waals surface area contributed by atoms with Crippen LogP contribution in [0.25, 0.3) is 20.9 Å². The predicted molar refractivity (Wildman–Crippen MR) is 203 cm³/mol. The Balaban J connectivity index is 1.67. The van der Waals surface area contributed by atoms with E-state index < -0.39 is 0 Å². The van der Waals surface area contributed by atoms with Crippen molar-refractivity contribution in [3.63, 3.8) is 0 Å². The van der Waals surface area contributed by atoms with E-state index in [1.54, 1.807) is 28.0 Å². The van der Waals surface area contributed by atoms with Gasteiger partial charge in [-0.2, -0.15) is 0 Å². The molecule has 0 spiro atoms. The van der Waals surface area contributed by atoms with Gasteiger partial charge in [0.15, 0.2) is 6.29 Å². The van der Waals surface area contributed by atoms with Crippen LogP contribution in [-0.4, -0.2) is 6.29 Å². The first-order chi connectivity index (χ1) is 22.0. The van der Waals surface area contributed by atoms with Gasteiger partial charge in [-0.15, -0.1) is 22.7 Å². The molecule has 0 bridgehead atoms. The van der Waals surface area contributed by atoms with Crippen LogP contribution < -0.4 is 0 Å². The van der Waals surface area contributed by atoms with E-state index in [-0.39, 0.29) is 10.8 Å². The Morgan fingerprint density at radius 1 is 0.533 bits per heavy atom. The van der Waals surface area contributed by atoms with Crippen LogP contribution in [0, 0.1) is 0 Å². The summed E-state index contributed by atoms with van der Waals surface area (Å²) in [6, 6.07) is 10.2. The zero-order valence-corrected chi connectivity index (χ0v) is 31.9. The van der Waals surface area contributed by atoms with E-state index in [4.69, 9.17) is 0 Å². The fourth-order valence-electron chi connectivity index (χ4n) is 8.74. The fraction of sp³-hybridized carbons (Fsp3) is 0.634. The van der Waals surface area contributed by atoms with Crippen LogP contribution in [0.2, 0.25) is 0 Å². The van der Waals surface area contributed by atoms with Crippen molar-refractivity contribution in [1.29, 1.82) is 0 Å². The van der Waals surface area contributed by atoms with Crippen LogP contribution in [0.4, 0.5) is 0 Å². The van der Waals surface area contributed by atoms with Crippen molar-refractivity contribution < 1.29 is 4.79 Å². The summed E-state index contributed by atoms with van der Waals surface area (Å²) in [6.07, 6.45) is 26.7. The number of rotatable bonds is 21. The SMILES string of the molecule is CCCCCCC1(CCCCCC)c2cc3c(cc2-c2sc(Br)cc21)C(CCCCCC)(CCCCCC)c1cc(C=O)sc1-3. The molecule has 1 nitrogen and oxygen atoms in total. The highest BCUT2D eigenvalue weighted by Crippen LogP contribution is 2.63. The molecule has 0 atom stereocenters. The maximum atomic E-state index is 12.2. The third-order valence-electron chi connectivity index (χ3n) is 11.1. The summed E-state index contributed by atoms with van der Waals surface area (Å²) in [5.74, 6) is 0. The molecular formula is C41H57BrOS2. The first-order valence-electron chi connectivity index (χ1n) is 18.6. The Morgan fingerprint density at radius 3 is 1.33 bits per heavy atom. The second-order valence-corrected chi connectivity index (χ2v) is 17.7. The number of halogens is 1. The number of aldehydes is 1. The Labute approximate surface area is 291 Å². The standard InChI is InChI=1S/C41H57BrOS2/c1-5-9-13-17-21-40(22-18-14-10-6-2)33-27-32-34(26-31(33)38-35(40)25-30(29-43)44-38)41(23-19-15-11-7-3,24-20-16-12-8-4)36-28-37(42)45-39(32)36/h25-29H,5-24H2,1-4H3. The van der Waals surface area contributed by atoms with Crippen LogP contribution in [0.1, 0.15) is 188 Å². The van der Waals surface area contributed by atoms with Gasteiger partial charge in [-0.25, -0.2) is 0 Å². The molecule has 45 heavy (non-hydrogen) atoms. The van der Waals surface area contributed by atoms with Gasteiger partial charge in [-0.3, -0.25) is 4.79 Å². The summed E-state index contributed by atoms with van der Waals surface area (Å²) in [7, 11) is 0. The topological polar surface area (TPSA) is 17.1 Å². The second-order valence-electron chi connectivity index (χ2n) is 14.2. The Kier molecular flexibility index (Phi) is 12.7. The first-order valence-corrected chi connectivity index (χ1v) is 21.0. The lowest BCUT2D eigenvalue weighted by molar-refractivity contribution is 0.112. The van der Waals surface area contributed by atoms with Gasteiger partial charge in [0.05, 0.1) is 8.66 Å². The molecule has 0 unspecified atom stereocenters. The monoisotopic (exact) mass is 708 g/mol. The molecule has 5 rings (SSSR count). The van der Waals surface area contributed by atoms with E-state index in [1.807, 2.05) is 11.3 Å². The predicted octanol–water partition coefficient (Wildman–Crippen LogP) is 14.8. The van der Waals surface area contributed by atoms with Gasteiger partial charge in [0.1, 0.15) is 0 Å². The Morgan fingerprint density at radius 2 is 0.933 bits per heavy atom. The van der Waals surface area contributed by atoms with Crippen molar-refractivity contribution in [3.8, 4) is 20.9 Å². The van der Waals surface area contributed by atoms with Crippen LogP contribution in [0.15, 0.2) is 28.1 Å². The molecule has 2 aliphatic carbocycles. The molecule has 0 saturated heterocycles. The maximum absolute atomic E-state index is 12.2. The number of benzene rings is 1. The summed E-state index contributed by atoms with van der Waals surface area (Å²) in [5, 5.41) is 0. The van der Waals surface area contributed by atoms with E-state index in [0.29, 0.717) is 0 Å². The van der Waals surface area contributed by atoms with Crippen molar-refractivity contribution in [1.82, 2.24) is 0 Å². The largest absolute Gasteiger partial charge is 0.297 e. The van der Waals surface area contributed by atoms with Crippen molar-refractivity contribution in [3.05, 3.63) is 55.2 Å². The summed E-state index contributed by atoms with van der Waals surface area (Å²) >= 11 is 7.68. The second kappa shape index (κ2) is 16.2. The van der Waals surface area contributed by atoms with Crippen molar-refractivity contribution in [2.75, 3.05) is 0 Å². The number of hydrogen-bond acceptors (Lipinski definition) is 3. The summed E-state index contributed by atoms with van der Waals surface area (Å²) in [5.41, 5.74) is 9.38. The molecule has 2 heterocycles. The van der Waals surface area contributed by atoms with Gasteiger partial charge in [0.25, 0.3) is 0 Å². The minimum Gasteiger partial charge on any atom is -0.297 e. The molecule has 1 aromatic carbocycles. The molecule has 0 aliphatic heterocycles. The number of carbonyl (C=O) groups is 1. The van der Waals surface area contributed by atoms with Crippen LogP contribution >= 0.6 is 38.6 Å². The van der Waals surface area contributed by atoms with E-state index >= 15 is 0 Å². The minimum absolute atomic E-state index is 0.0289. The quantitative estimate of drug-likeness (QED) is 0.0795. The molecule has 0 amide bonds. The van der Waals surface area contributed by atoms with Crippen LogP contribution in [0.5, 0.6) is 0 Å². The van der Waals surface area contributed by atoms with Gasteiger partial charge >= 0.3 is 0 Å². The van der Waals surface area contributed by atoms with E-state index in [9.17, 15) is 4.79 Å². The Bertz CT molecular complexity index is 1390. The summed E-state index contributed by atoms with van der Waals surface area (Å²) in [6.45, 7) is 9.28. The molecule has 0 radical (unpaired) electrons. The Hall–Kier alpha value is -1.23. The van der Waals surface area contributed by atoms with Crippen molar-refractivity contribution >= 4 is 44.9 Å². The zero-order chi connectivity index (χ0) is 31.9. The molecule has 2 aliphatic rings. The molecule has 4 heteroatoms. The summed E-state index contributed by atoms with van der Waals surface area (Å²) in [4.78, 5) is 16.1. The third kappa shape index (κ3) is 7.00. The lowest BCUT2D eigenvalue weighted by Gasteiger charge is -2.34. The molecule has 0 N–H and O–H groups in total. The third-order valence-corrected chi connectivity index (χ3v) is 13.9. The number of carbonyl (C=O) groups excluding carboxylic acids is 1. The normalized spacial score (nSPS) is 15.2. The van der Waals surface area contributed by atoms with Crippen LogP contribution in [-0.2, 0) is 10.8 Å². The molecule has 2 aromatic heterocycles. The molecular weight excluding hydrogens is 652 g/mol. The smallest absolute Gasteiger partial charge is 0.160 e. The number of fused-ring (bicyclic) bond motifs is 6. The highest BCUT2D eigenvalue weighted by atomic mass is 79.9. The van der Waals surface area contributed by atoms with Gasteiger partial charge in [0, 0.05) is 20.6 Å². The van der Waals surface area contributed by atoms with Crippen molar-refractivity contribution in [2.45, 2.75) is 167 Å². The highest BCUT2D eigenvalue weighted by molar-refractivity contribution is 9.11. The lowest BCUT2D eigenvalue weighted by atomic mass is 9.68. The van der Waals surface area contributed by atoms with Gasteiger partial charge in [-0.05, 0) is 99.3 Å². The average Bonchev–Trinajstić information content (AvgIpc) is 3.77. The number of thiophene rings is 2. The van der Waals surface area contributed by atoms with Crippen LogP contribution in [0.3, 0.4) is 0 Å². The molecule has 0 saturated carbocycles. The fourth-order valence-corrected chi connectivity index (χ4v) is 11.6. The molecule has 3 aromatic rings. The molecule has 246 valence electrons. The number of unbranched alkanes of at least 4 members (excludes halogenated alkanes) is 12. The van der Waals surface area contributed by atoms with Crippen molar-refractivity contribution in [2.24, 2.45) is 0 Å². The molecule has 0 fully saturated rings. The van der Waals surface area contributed by atoms with Gasteiger partial charge < -0.3 is 0 Å². The first kappa shape index (κ1) is 35.1. The van der Waals surface area contributed by atoms with Gasteiger partial charge in [-0.1, -0.05) is 130 Å². The lowest BCUT2D eigenvalue weighted by Crippen LogP contribution is -2.27. The van der Waals surface area contributed by atoms with E-state index in [2.05, 4.69) is 67.9 Å². The average molecular weight is 710 g/mol. The van der Waals surface area contributed by atoms with Gasteiger partial charge in [0.2, 0.25) is 0 Å². The zero-order valence-electron chi connectivity index (χ0n) is 28.6. The highest BCUT2D eigenvalue weighted by Gasteiger charge is 2.49. The summed E-state index contributed by atoms with van der Waals surface area (Å²) < 4.78 is 1.28. The maximum Gasteiger partial charge on any atom is 0.160 e. The minimum atomic E-state index is 0.0289.